The topological polar surface area (TPSA) is 24.1 Å². The zero-order chi connectivity index (χ0) is 15.0. The molecule has 1 aromatic rings. The molecule has 0 fully saturated rings. The summed E-state index contributed by atoms with van der Waals surface area (Å²) in [5, 5.41) is 7.00. The summed E-state index contributed by atoms with van der Waals surface area (Å²) >= 11 is 0. The Hall–Kier alpha value is -0.643. The molecule has 0 aliphatic carbocycles. The van der Waals surface area contributed by atoms with Gasteiger partial charge in [-0.25, -0.2) is 0 Å². The predicted octanol–water partition coefficient (Wildman–Crippen LogP) is 2.88. The van der Waals surface area contributed by atoms with E-state index in [1.165, 1.54) is 73.3 Å². The SMILES string of the molecule is [SiH3]CCCCCCCCCNCCNCc1ccccc1. The Bertz CT molecular complexity index is 316. The van der Waals surface area contributed by atoms with Gasteiger partial charge in [-0.3, -0.25) is 0 Å². The number of rotatable bonds is 14. The van der Waals surface area contributed by atoms with E-state index in [1.54, 1.807) is 0 Å². The Labute approximate surface area is 134 Å². The van der Waals surface area contributed by atoms with Crippen LogP contribution in [0.3, 0.4) is 0 Å². The van der Waals surface area contributed by atoms with Gasteiger partial charge in [-0.2, -0.15) is 0 Å². The molecule has 0 aliphatic rings. The molecule has 2 nitrogen and oxygen atoms in total. The lowest BCUT2D eigenvalue weighted by atomic mass is 10.1. The van der Waals surface area contributed by atoms with Crippen LogP contribution >= 0.6 is 0 Å². The second kappa shape index (κ2) is 14.3. The number of hydrogen-bond donors (Lipinski definition) is 2. The van der Waals surface area contributed by atoms with Gasteiger partial charge in [-0.1, -0.05) is 74.9 Å². The molecule has 3 heteroatoms. The summed E-state index contributed by atoms with van der Waals surface area (Å²) in [5.74, 6) is 0. The molecule has 0 heterocycles. The van der Waals surface area contributed by atoms with E-state index in [0.717, 1.165) is 19.6 Å². The minimum absolute atomic E-state index is 0.975. The lowest BCUT2D eigenvalue weighted by Crippen LogP contribution is -2.27. The van der Waals surface area contributed by atoms with Crippen LogP contribution in [0.1, 0.15) is 50.5 Å². The average molecular weight is 307 g/mol. The standard InChI is InChI=1S/C18H34N2Si/c21-16-10-5-3-1-2-4-9-13-19-14-15-20-17-18-11-7-6-8-12-18/h6-8,11-12,19-20H,1-5,9-10,13-17H2,21H3. The van der Waals surface area contributed by atoms with Gasteiger partial charge < -0.3 is 10.6 Å². The molecule has 0 saturated heterocycles. The summed E-state index contributed by atoms with van der Waals surface area (Å²) in [6.45, 7) is 4.28. The minimum atomic E-state index is 0.975. The maximum absolute atomic E-state index is 3.52. The molecule has 0 saturated carbocycles. The molecule has 0 atom stereocenters. The predicted molar refractivity (Wildman–Crippen MR) is 98.1 cm³/mol. The molecule has 0 aliphatic heterocycles. The average Bonchev–Trinajstić information content (AvgIpc) is 2.53. The van der Waals surface area contributed by atoms with Crippen molar-refractivity contribution in [1.82, 2.24) is 10.6 Å². The Morgan fingerprint density at radius 3 is 2.00 bits per heavy atom. The minimum Gasteiger partial charge on any atom is -0.315 e. The third-order valence-electron chi connectivity index (χ3n) is 3.86. The van der Waals surface area contributed by atoms with Gasteiger partial charge in [-0.05, 0) is 18.5 Å². The molecule has 2 N–H and O–H groups in total. The zero-order valence-corrected chi connectivity index (χ0v) is 15.9. The Kier molecular flexibility index (Phi) is 12.5. The highest BCUT2D eigenvalue weighted by Gasteiger charge is 1.93. The van der Waals surface area contributed by atoms with E-state index in [0.29, 0.717) is 0 Å². The zero-order valence-electron chi connectivity index (χ0n) is 13.9. The Balaban J connectivity index is 1.75. The molecule has 0 radical (unpaired) electrons. The van der Waals surface area contributed by atoms with Crippen LogP contribution < -0.4 is 10.6 Å². The highest BCUT2D eigenvalue weighted by Crippen LogP contribution is 2.07. The summed E-state index contributed by atoms with van der Waals surface area (Å²) < 4.78 is 0. The summed E-state index contributed by atoms with van der Waals surface area (Å²) in [6, 6.07) is 12.1. The Morgan fingerprint density at radius 2 is 1.29 bits per heavy atom. The number of nitrogens with one attached hydrogen (secondary N) is 2. The van der Waals surface area contributed by atoms with Crippen LogP contribution in [0.2, 0.25) is 6.04 Å². The first-order chi connectivity index (χ1) is 10.4. The van der Waals surface area contributed by atoms with E-state index in [-0.39, 0.29) is 0 Å². The van der Waals surface area contributed by atoms with Crippen LogP contribution in [0, 0.1) is 0 Å². The van der Waals surface area contributed by atoms with E-state index >= 15 is 0 Å². The van der Waals surface area contributed by atoms with E-state index < -0.39 is 0 Å². The van der Waals surface area contributed by atoms with Crippen LogP contribution in [0.5, 0.6) is 0 Å². The van der Waals surface area contributed by atoms with Gasteiger partial charge in [0, 0.05) is 29.9 Å². The van der Waals surface area contributed by atoms with Gasteiger partial charge in [0.2, 0.25) is 0 Å². The van der Waals surface area contributed by atoms with Crippen molar-refractivity contribution >= 4 is 10.2 Å². The lowest BCUT2D eigenvalue weighted by Gasteiger charge is -2.07. The van der Waals surface area contributed by atoms with Crippen molar-refractivity contribution in [3.8, 4) is 0 Å². The van der Waals surface area contributed by atoms with E-state index in [2.05, 4.69) is 41.0 Å². The van der Waals surface area contributed by atoms with E-state index in [1.807, 2.05) is 0 Å². The van der Waals surface area contributed by atoms with Crippen LogP contribution in [0.15, 0.2) is 30.3 Å². The molecule has 0 spiro atoms. The van der Waals surface area contributed by atoms with Gasteiger partial charge >= 0.3 is 0 Å². The molecule has 0 amide bonds. The third kappa shape index (κ3) is 11.7. The molecular weight excluding hydrogens is 272 g/mol. The first kappa shape index (κ1) is 18.4. The van der Waals surface area contributed by atoms with Crippen molar-refractivity contribution in [3.05, 3.63) is 35.9 Å². The van der Waals surface area contributed by atoms with Crippen molar-refractivity contribution in [1.29, 1.82) is 0 Å². The normalized spacial score (nSPS) is 11.0. The fourth-order valence-electron chi connectivity index (χ4n) is 2.51. The number of hydrogen-bond acceptors (Lipinski definition) is 2. The van der Waals surface area contributed by atoms with Crippen LogP contribution in [-0.2, 0) is 6.54 Å². The van der Waals surface area contributed by atoms with Crippen molar-refractivity contribution in [2.45, 2.75) is 57.5 Å². The summed E-state index contributed by atoms with van der Waals surface area (Å²) in [7, 11) is 1.39. The Morgan fingerprint density at radius 1 is 0.667 bits per heavy atom. The van der Waals surface area contributed by atoms with Crippen molar-refractivity contribution < 1.29 is 0 Å². The summed E-state index contributed by atoms with van der Waals surface area (Å²) in [4.78, 5) is 0. The van der Waals surface area contributed by atoms with Gasteiger partial charge in [0.1, 0.15) is 0 Å². The second-order valence-electron chi connectivity index (χ2n) is 5.89. The fourth-order valence-corrected chi connectivity index (χ4v) is 3.01. The largest absolute Gasteiger partial charge is 0.315 e. The molecule has 0 aromatic heterocycles. The van der Waals surface area contributed by atoms with Crippen molar-refractivity contribution in [2.75, 3.05) is 19.6 Å². The van der Waals surface area contributed by atoms with Gasteiger partial charge in [-0.15, -0.1) is 0 Å². The van der Waals surface area contributed by atoms with Crippen LogP contribution in [-0.4, -0.2) is 29.9 Å². The van der Waals surface area contributed by atoms with Crippen molar-refractivity contribution in [2.24, 2.45) is 0 Å². The molecule has 0 bridgehead atoms. The van der Waals surface area contributed by atoms with Gasteiger partial charge in [0.25, 0.3) is 0 Å². The maximum Gasteiger partial charge on any atom is 0.0206 e. The first-order valence-corrected chi connectivity index (χ1v) is 10.3. The van der Waals surface area contributed by atoms with Gasteiger partial charge in [0.05, 0.1) is 0 Å². The number of benzene rings is 1. The molecule has 0 unspecified atom stereocenters. The van der Waals surface area contributed by atoms with E-state index in [4.69, 9.17) is 0 Å². The molecule has 1 aromatic carbocycles. The van der Waals surface area contributed by atoms with Crippen molar-refractivity contribution in [3.63, 3.8) is 0 Å². The second-order valence-corrected chi connectivity index (χ2v) is 6.89. The summed E-state index contributed by atoms with van der Waals surface area (Å²) in [5.41, 5.74) is 1.36. The third-order valence-corrected chi connectivity index (χ3v) is 4.56. The highest BCUT2D eigenvalue weighted by molar-refractivity contribution is 6.08. The monoisotopic (exact) mass is 306 g/mol. The molecule has 21 heavy (non-hydrogen) atoms. The highest BCUT2D eigenvalue weighted by atomic mass is 28.1. The first-order valence-electron chi connectivity index (χ1n) is 8.89. The fraction of sp³-hybridized carbons (Fsp3) is 0.667. The van der Waals surface area contributed by atoms with Crippen LogP contribution in [0.25, 0.3) is 0 Å². The quantitative estimate of drug-likeness (QED) is 0.408. The molecule has 120 valence electrons. The number of unbranched alkanes of at least 4 members (excludes halogenated alkanes) is 6. The summed E-state index contributed by atoms with van der Waals surface area (Å²) in [6.07, 6.45) is 10.00. The molecule has 1 rings (SSSR count). The van der Waals surface area contributed by atoms with Gasteiger partial charge in [0.15, 0.2) is 0 Å². The lowest BCUT2D eigenvalue weighted by molar-refractivity contribution is 0.551. The van der Waals surface area contributed by atoms with E-state index in [9.17, 15) is 0 Å². The van der Waals surface area contributed by atoms with Crippen LogP contribution in [0.4, 0.5) is 0 Å². The maximum atomic E-state index is 3.52. The smallest absolute Gasteiger partial charge is 0.0206 e. The molecular formula is C18H34N2Si.